The number of rotatable bonds is 2. The van der Waals surface area contributed by atoms with Crippen LogP contribution < -0.4 is 5.32 Å². The number of carbonyl (C=O) groups is 1. The van der Waals surface area contributed by atoms with Crippen molar-refractivity contribution in [2.75, 3.05) is 39.1 Å². The predicted octanol–water partition coefficient (Wildman–Crippen LogP) is 2.24. The van der Waals surface area contributed by atoms with Gasteiger partial charge < -0.3 is 29.6 Å². The van der Waals surface area contributed by atoms with Crippen LogP contribution >= 0.6 is 0 Å². The van der Waals surface area contributed by atoms with Crippen molar-refractivity contribution in [2.45, 2.75) is 32.0 Å². The number of halogens is 2. The fourth-order valence-electron chi connectivity index (χ4n) is 3.93. The summed E-state index contributed by atoms with van der Waals surface area (Å²) in [5.74, 6) is 0.274. The number of carbonyl (C=O) groups excluding carboxylic acids is 1. The molecule has 9 nitrogen and oxygen atoms in total. The second-order valence-corrected chi connectivity index (χ2v) is 7.96. The summed E-state index contributed by atoms with van der Waals surface area (Å²) < 4.78 is 35.5. The highest BCUT2D eigenvalue weighted by Gasteiger charge is 2.25. The molecule has 0 radical (unpaired) electrons. The number of anilines is 1. The molecule has 2 aromatic rings. The van der Waals surface area contributed by atoms with E-state index in [-0.39, 0.29) is 24.3 Å². The third kappa shape index (κ3) is 4.98. The Morgan fingerprint density at radius 3 is 2.94 bits per heavy atom. The van der Waals surface area contributed by atoms with E-state index in [1.807, 2.05) is 7.05 Å². The van der Waals surface area contributed by atoms with Crippen molar-refractivity contribution < 1.29 is 23.0 Å². The molecule has 0 fully saturated rings. The van der Waals surface area contributed by atoms with E-state index < -0.39 is 6.61 Å². The molecule has 1 amide bonds. The summed E-state index contributed by atoms with van der Waals surface area (Å²) >= 11 is 0. The minimum absolute atomic E-state index is 0.176. The fraction of sp³-hybridized carbons (Fsp3) is 0.476. The molecule has 0 saturated heterocycles. The number of fused-ring (bicyclic) bond motifs is 1. The van der Waals surface area contributed by atoms with Crippen LogP contribution in [0.25, 0.3) is 11.0 Å². The van der Waals surface area contributed by atoms with E-state index in [0.717, 1.165) is 41.5 Å². The second-order valence-electron chi connectivity index (χ2n) is 7.96. The second kappa shape index (κ2) is 9.51. The summed E-state index contributed by atoms with van der Waals surface area (Å²) in [5, 5.41) is 4.29. The van der Waals surface area contributed by atoms with Crippen LogP contribution in [0.15, 0.2) is 30.5 Å². The van der Waals surface area contributed by atoms with Gasteiger partial charge in [-0.1, -0.05) is 6.08 Å². The van der Waals surface area contributed by atoms with Gasteiger partial charge in [-0.3, -0.25) is 4.79 Å². The highest BCUT2D eigenvalue weighted by atomic mass is 19.3. The number of ether oxygens (including phenoxy) is 2. The zero-order chi connectivity index (χ0) is 22.7. The van der Waals surface area contributed by atoms with Gasteiger partial charge in [-0.2, -0.15) is 8.78 Å². The number of hydrogen-bond acceptors (Lipinski definition) is 7. The van der Waals surface area contributed by atoms with Crippen molar-refractivity contribution in [1.29, 1.82) is 0 Å². The number of hydrogen-bond donors (Lipinski definition) is 2. The summed E-state index contributed by atoms with van der Waals surface area (Å²) in [7, 11) is 3.72. The van der Waals surface area contributed by atoms with Gasteiger partial charge in [0.1, 0.15) is 24.1 Å². The Balaban J connectivity index is 1.67. The number of nitrogens with one attached hydrogen (secondary N) is 2. The number of nitrogens with zero attached hydrogens (tertiary/aromatic N) is 4. The lowest BCUT2D eigenvalue weighted by molar-refractivity contribution is -0.133. The van der Waals surface area contributed by atoms with Gasteiger partial charge in [0.2, 0.25) is 0 Å². The maximum Gasteiger partial charge on any atom is 0.387 e. The average Bonchev–Trinajstić information content (AvgIpc) is 3.00. The third-order valence-corrected chi connectivity index (χ3v) is 5.54. The van der Waals surface area contributed by atoms with E-state index in [1.165, 1.54) is 12.4 Å². The lowest BCUT2D eigenvalue weighted by Crippen LogP contribution is -2.32. The molecule has 0 saturated carbocycles. The first-order valence-corrected chi connectivity index (χ1v) is 10.4. The standard InChI is InChI=1S/C21H26F2N6O3/c1-28-6-3-7-29(2)17(30)11-31-10-14(32-21(22)23)5-4-13-8-16-15(9-28)18-19(26-13)24-12-25-20(18)27-16/h4-5,10,12-13,21H,3,6-9,11H2,1-2H3,(H2,24,25,26,27)/b5-4-,14-10+. The van der Waals surface area contributed by atoms with Crippen LogP contribution in [0.5, 0.6) is 0 Å². The van der Waals surface area contributed by atoms with Crippen LogP contribution in [0.1, 0.15) is 17.7 Å². The molecular formula is C21H26F2N6O3. The van der Waals surface area contributed by atoms with Gasteiger partial charge in [-0.15, -0.1) is 0 Å². The molecule has 1 atom stereocenters. The van der Waals surface area contributed by atoms with Crippen LogP contribution in [0.2, 0.25) is 0 Å². The van der Waals surface area contributed by atoms with Crippen LogP contribution in [0, 0.1) is 0 Å². The minimum Gasteiger partial charge on any atom is -0.488 e. The Labute approximate surface area is 184 Å². The Morgan fingerprint density at radius 1 is 1.28 bits per heavy atom. The summed E-state index contributed by atoms with van der Waals surface area (Å²) in [4.78, 5) is 28.1. The zero-order valence-electron chi connectivity index (χ0n) is 18.0. The van der Waals surface area contributed by atoms with Crippen molar-refractivity contribution in [2.24, 2.45) is 0 Å². The molecule has 32 heavy (non-hydrogen) atoms. The van der Waals surface area contributed by atoms with Crippen molar-refractivity contribution in [3.05, 3.63) is 41.8 Å². The number of aromatic nitrogens is 3. The number of H-pyrrole nitrogens is 1. The lowest BCUT2D eigenvalue weighted by atomic mass is 10.1. The van der Waals surface area contributed by atoms with Gasteiger partial charge in [0, 0.05) is 37.8 Å². The van der Waals surface area contributed by atoms with Crippen molar-refractivity contribution >= 4 is 22.8 Å². The summed E-state index contributed by atoms with van der Waals surface area (Å²) in [6.45, 7) is -1.25. The van der Waals surface area contributed by atoms with E-state index in [0.29, 0.717) is 25.3 Å². The molecule has 0 aliphatic carbocycles. The van der Waals surface area contributed by atoms with Gasteiger partial charge in [0.05, 0.1) is 11.4 Å². The first-order chi connectivity index (χ1) is 15.4. The number of aromatic amines is 1. The Hall–Kier alpha value is -3.21. The molecular weight excluding hydrogens is 422 g/mol. The van der Waals surface area contributed by atoms with E-state index in [1.54, 1.807) is 18.0 Å². The average molecular weight is 448 g/mol. The summed E-state index contributed by atoms with van der Waals surface area (Å²) in [5.41, 5.74) is 2.89. The molecule has 1 unspecified atom stereocenters. The SMILES string of the molecule is CN1CCCN(C)C(=O)CO/C=C(OC(F)F)\C=C/C2Cc3[nH]c4ncnc(c4c3C1)N2. The molecule has 0 spiro atoms. The monoisotopic (exact) mass is 448 g/mol. The van der Waals surface area contributed by atoms with E-state index in [2.05, 4.69) is 29.9 Å². The Bertz CT molecular complexity index is 1040. The first kappa shape index (κ1) is 22.0. The zero-order valence-corrected chi connectivity index (χ0v) is 18.0. The number of allylic oxidation sites excluding steroid dienone is 1. The molecule has 4 heterocycles. The lowest BCUT2D eigenvalue weighted by Gasteiger charge is -2.20. The summed E-state index contributed by atoms with van der Waals surface area (Å²) in [6.07, 6.45) is 7.02. The highest BCUT2D eigenvalue weighted by Crippen LogP contribution is 2.32. The third-order valence-electron chi connectivity index (χ3n) is 5.54. The van der Waals surface area contributed by atoms with E-state index in [4.69, 9.17) is 4.74 Å². The Morgan fingerprint density at radius 2 is 2.12 bits per heavy atom. The molecule has 2 aromatic heterocycles. The van der Waals surface area contributed by atoms with E-state index >= 15 is 0 Å². The molecule has 4 bridgehead atoms. The van der Waals surface area contributed by atoms with Crippen molar-refractivity contribution in [3.63, 3.8) is 0 Å². The quantitative estimate of drug-likeness (QED) is 0.728. The van der Waals surface area contributed by atoms with Crippen LogP contribution in [-0.2, 0) is 27.2 Å². The topological polar surface area (TPSA) is 95.6 Å². The normalized spacial score (nSPS) is 23.4. The molecule has 2 N–H and O–H groups in total. The molecule has 2 aliphatic rings. The van der Waals surface area contributed by atoms with Crippen molar-refractivity contribution in [1.82, 2.24) is 24.8 Å². The summed E-state index contributed by atoms with van der Waals surface area (Å²) in [6, 6.07) is -0.227. The Kier molecular flexibility index (Phi) is 6.54. The number of amides is 1. The molecule has 172 valence electrons. The van der Waals surface area contributed by atoms with Gasteiger partial charge in [0.25, 0.3) is 5.91 Å². The smallest absolute Gasteiger partial charge is 0.387 e. The molecule has 4 rings (SSSR count). The first-order valence-electron chi connectivity index (χ1n) is 10.4. The van der Waals surface area contributed by atoms with Gasteiger partial charge in [0.15, 0.2) is 12.4 Å². The van der Waals surface area contributed by atoms with Gasteiger partial charge in [-0.05, 0) is 26.1 Å². The fourth-order valence-corrected chi connectivity index (χ4v) is 3.93. The predicted molar refractivity (Wildman–Crippen MR) is 114 cm³/mol. The van der Waals surface area contributed by atoms with Crippen molar-refractivity contribution in [3.8, 4) is 0 Å². The van der Waals surface area contributed by atoms with Crippen LogP contribution in [0.3, 0.4) is 0 Å². The highest BCUT2D eigenvalue weighted by molar-refractivity contribution is 5.92. The van der Waals surface area contributed by atoms with Gasteiger partial charge in [-0.25, -0.2) is 9.97 Å². The number of alkyl halides is 2. The van der Waals surface area contributed by atoms with Crippen LogP contribution in [0.4, 0.5) is 14.6 Å². The van der Waals surface area contributed by atoms with E-state index in [9.17, 15) is 13.6 Å². The minimum atomic E-state index is -3.02. The molecule has 0 aromatic carbocycles. The van der Waals surface area contributed by atoms with Gasteiger partial charge >= 0.3 is 6.61 Å². The maximum absolute atomic E-state index is 12.9. The largest absolute Gasteiger partial charge is 0.488 e. The molecule has 11 heteroatoms. The number of likely N-dealkylation sites (N-methyl/N-ethyl adjacent to an activating group) is 1. The molecule has 2 aliphatic heterocycles. The van der Waals surface area contributed by atoms with Crippen LogP contribution in [-0.4, -0.2) is 77.1 Å². The maximum atomic E-state index is 12.9.